The summed E-state index contributed by atoms with van der Waals surface area (Å²) >= 11 is 1.25. The number of aliphatic hydroxyl groups excluding tert-OH is 1. The number of aryl methyl sites for hydroxylation is 1. The Labute approximate surface area is 124 Å². The molecule has 5 nitrogen and oxygen atoms in total. The average molecular weight is 319 g/mol. The monoisotopic (exact) mass is 319 g/mol. The van der Waals surface area contributed by atoms with Crippen LogP contribution in [0.25, 0.3) is 0 Å². The fraction of sp³-hybridized carbons (Fsp3) is 0.692. The number of hydrogen-bond donors (Lipinski definition) is 2. The zero-order valence-corrected chi connectivity index (χ0v) is 13.2. The highest BCUT2D eigenvalue weighted by atomic mass is 32.2. The SMILES string of the molecule is Cc1ccc(S(=O)(=O)NCCC(O)C2CCOCC2)s1. The number of rotatable bonds is 6. The van der Waals surface area contributed by atoms with Crippen molar-refractivity contribution in [1.82, 2.24) is 4.72 Å². The van der Waals surface area contributed by atoms with Crippen LogP contribution in [-0.2, 0) is 14.8 Å². The minimum atomic E-state index is -3.43. The van der Waals surface area contributed by atoms with Crippen molar-refractivity contribution in [3.05, 3.63) is 17.0 Å². The summed E-state index contributed by atoms with van der Waals surface area (Å²) in [5, 5.41) is 10.1. The molecule has 2 N–H and O–H groups in total. The number of aliphatic hydroxyl groups is 1. The van der Waals surface area contributed by atoms with Crippen molar-refractivity contribution in [1.29, 1.82) is 0 Å². The molecule has 114 valence electrons. The van der Waals surface area contributed by atoms with Gasteiger partial charge in [0.05, 0.1) is 6.10 Å². The van der Waals surface area contributed by atoms with Crippen molar-refractivity contribution in [2.45, 2.75) is 36.5 Å². The molecule has 1 atom stereocenters. The Morgan fingerprint density at radius 3 is 2.75 bits per heavy atom. The summed E-state index contributed by atoms with van der Waals surface area (Å²) < 4.78 is 32.1. The van der Waals surface area contributed by atoms with Crippen molar-refractivity contribution >= 4 is 21.4 Å². The van der Waals surface area contributed by atoms with Gasteiger partial charge in [-0.15, -0.1) is 11.3 Å². The van der Waals surface area contributed by atoms with Gasteiger partial charge >= 0.3 is 0 Å². The van der Waals surface area contributed by atoms with Crippen LogP contribution in [0.5, 0.6) is 0 Å². The number of thiophene rings is 1. The Balaban J connectivity index is 1.80. The normalized spacial score (nSPS) is 19.1. The van der Waals surface area contributed by atoms with Crippen LogP contribution in [0, 0.1) is 12.8 Å². The lowest BCUT2D eigenvalue weighted by Gasteiger charge is -2.26. The van der Waals surface area contributed by atoms with E-state index in [9.17, 15) is 13.5 Å². The van der Waals surface area contributed by atoms with E-state index in [1.165, 1.54) is 11.3 Å². The molecule has 1 aromatic heterocycles. The molecule has 0 amide bonds. The summed E-state index contributed by atoms with van der Waals surface area (Å²) in [6.07, 6.45) is 1.66. The quantitative estimate of drug-likeness (QED) is 0.833. The molecule has 1 fully saturated rings. The number of hydrogen-bond acceptors (Lipinski definition) is 5. The van der Waals surface area contributed by atoms with Crippen LogP contribution in [0.15, 0.2) is 16.3 Å². The van der Waals surface area contributed by atoms with Crippen molar-refractivity contribution in [2.24, 2.45) is 5.92 Å². The highest BCUT2D eigenvalue weighted by Gasteiger charge is 2.23. The molecule has 1 aliphatic heterocycles. The molecule has 0 aromatic carbocycles. The van der Waals surface area contributed by atoms with E-state index in [-0.39, 0.29) is 12.5 Å². The Kier molecular flexibility index (Phi) is 5.57. The maximum atomic E-state index is 12.0. The van der Waals surface area contributed by atoms with Crippen LogP contribution in [0.3, 0.4) is 0 Å². The van der Waals surface area contributed by atoms with Crippen LogP contribution in [0.4, 0.5) is 0 Å². The molecule has 2 heterocycles. The summed E-state index contributed by atoms with van der Waals surface area (Å²) in [4.78, 5) is 0.965. The Bertz CT molecular complexity index is 520. The van der Waals surface area contributed by atoms with E-state index in [0.29, 0.717) is 23.8 Å². The molecule has 1 unspecified atom stereocenters. The second-order valence-electron chi connectivity index (χ2n) is 5.07. The lowest BCUT2D eigenvalue weighted by molar-refractivity contribution is 0.00567. The van der Waals surface area contributed by atoms with E-state index < -0.39 is 16.1 Å². The van der Waals surface area contributed by atoms with Gasteiger partial charge in [0.2, 0.25) is 10.0 Å². The molecule has 2 rings (SSSR count). The van der Waals surface area contributed by atoms with Gasteiger partial charge in [-0.25, -0.2) is 13.1 Å². The summed E-state index contributed by atoms with van der Waals surface area (Å²) in [5.74, 6) is 0.220. The number of sulfonamides is 1. The van der Waals surface area contributed by atoms with E-state index in [4.69, 9.17) is 4.74 Å². The molecule has 0 saturated carbocycles. The third-order valence-electron chi connectivity index (χ3n) is 3.52. The Morgan fingerprint density at radius 2 is 2.15 bits per heavy atom. The van der Waals surface area contributed by atoms with E-state index in [2.05, 4.69) is 4.72 Å². The summed E-state index contributed by atoms with van der Waals surface area (Å²) in [6, 6.07) is 3.40. The molecule has 1 aromatic rings. The zero-order valence-electron chi connectivity index (χ0n) is 11.5. The molecule has 0 radical (unpaired) electrons. The number of nitrogens with one attached hydrogen (secondary N) is 1. The largest absolute Gasteiger partial charge is 0.393 e. The van der Waals surface area contributed by atoms with E-state index in [1.807, 2.05) is 6.92 Å². The van der Waals surface area contributed by atoms with Gasteiger partial charge in [-0.1, -0.05) is 0 Å². The molecule has 1 saturated heterocycles. The predicted molar refractivity (Wildman–Crippen MR) is 78.4 cm³/mol. The maximum Gasteiger partial charge on any atom is 0.250 e. The third-order valence-corrected chi connectivity index (χ3v) is 6.48. The lowest BCUT2D eigenvalue weighted by Crippen LogP contribution is -2.32. The van der Waals surface area contributed by atoms with Crippen LogP contribution in [0.1, 0.15) is 24.1 Å². The molecule has 0 spiro atoms. The van der Waals surface area contributed by atoms with Crippen molar-refractivity contribution in [3.8, 4) is 0 Å². The Hall–Kier alpha value is -0.470. The van der Waals surface area contributed by atoms with Gasteiger partial charge in [0, 0.05) is 24.6 Å². The van der Waals surface area contributed by atoms with E-state index in [0.717, 1.165) is 17.7 Å². The fourth-order valence-electron chi connectivity index (χ4n) is 2.31. The van der Waals surface area contributed by atoms with Crippen molar-refractivity contribution in [2.75, 3.05) is 19.8 Å². The second-order valence-corrected chi connectivity index (χ2v) is 8.35. The molecule has 0 bridgehead atoms. The number of ether oxygens (including phenoxy) is 1. The predicted octanol–water partition coefficient (Wildman–Crippen LogP) is 1.51. The highest BCUT2D eigenvalue weighted by molar-refractivity contribution is 7.91. The van der Waals surface area contributed by atoms with Gasteiger partial charge in [0.25, 0.3) is 0 Å². The van der Waals surface area contributed by atoms with Crippen molar-refractivity contribution < 1.29 is 18.3 Å². The van der Waals surface area contributed by atoms with E-state index in [1.54, 1.807) is 12.1 Å². The van der Waals surface area contributed by atoms with Gasteiger partial charge in [0.1, 0.15) is 4.21 Å². The van der Waals surface area contributed by atoms with Gasteiger partial charge in [-0.3, -0.25) is 0 Å². The van der Waals surface area contributed by atoms with Crippen LogP contribution >= 0.6 is 11.3 Å². The van der Waals surface area contributed by atoms with Crippen LogP contribution < -0.4 is 4.72 Å². The molecular weight excluding hydrogens is 298 g/mol. The topological polar surface area (TPSA) is 75.6 Å². The average Bonchev–Trinajstić information content (AvgIpc) is 2.87. The summed E-state index contributed by atoms with van der Waals surface area (Å²) in [6.45, 7) is 3.50. The highest BCUT2D eigenvalue weighted by Crippen LogP contribution is 2.22. The lowest BCUT2D eigenvalue weighted by atomic mass is 9.92. The first-order valence-electron chi connectivity index (χ1n) is 6.81. The molecule has 0 aliphatic carbocycles. The fourth-order valence-corrected chi connectivity index (χ4v) is 4.68. The summed E-state index contributed by atoms with van der Waals surface area (Å²) in [5.41, 5.74) is 0. The van der Waals surface area contributed by atoms with Crippen LogP contribution in [0.2, 0.25) is 0 Å². The standard InChI is InChI=1S/C13H21NO4S2/c1-10-2-3-13(19-10)20(16,17)14-7-4-12(15)11-5-8-18-9-6-11/h2-3,11-12,14-15H,4-9H2,1H3. The van der Waals surface area contributed by atoms with Gasteiger partial charge < -0.3 is 9.84 Å². The molecule has 20 heavy (non-hydrogen) atoms. The molecule has 7 heteroatoms. The molecular formula is C13H21NO4S2. The smallest absolute Gasteiger partial charge is 0.250 e. The summed E-state index contributed by atoms with van der Waals surface area (Å²) in [7, 11) is -3.43. The van der Waals surface area contributed by atoms with E-state index >= 15 is 0 Å². The zero-order chi connectivity index (χ0) is 14.6. The minimum absolute atomic E-state index is 0.220. The van der Waals surface area contributed by atoms with Crippen LogP contribution in [-0.4, -0.2) is 39.4 Å². The first-order valence-corrected chi connectivity index (χ1v) is 9.11. The molecule has 1 aliphatic rings. The van der Waals surface area contributed by atoms with Gasteiger partial charge in [-0.05, 0) is 44.2 Å². The first kappa shape index (κ1) is 15.9. The van der Waals surface area contributed by atoms with Gasteiger partial charge in [-0.2, -0.15) is 0 Å². The van der Waals surface area contributed by atoms with Crippen molar-refractivity contribution in [3.63, 3.8) is 0 Å². The first-order chi connectivity index (χ1) is 9.49. The minimum Gasteiger partial charge on any atom is -0.393 e. The van der Waals surface area contributed by atoms with Gasteiger partial charge in [0.15, 0.2) is 0 Å². The maximum absolute atomic E-state index is 12.0. The Morgan fingerprint density at radius 1 is 1.45 bits per heavy atom. The third kappa shape index (κ3) is 4.26. The second kappa shape index (κ2) is 7.00.